The molecule has 1 aromatic heterocycles. The van der Waals surface area contributed by atoms with Crippen molar-refractivity contribution >= 4 is 11.4 Å². The highest BCUT2D eigenvalue weighted by atomic mass is 16.6. The van der Waals surface area contributed by atoms with Gasteiger partial charge in [-0.15, -0.1) is 0 Å². The van der Waals surface area contributed by atoms with E-state index in [0.717, 1.165) is 23.2 Å². The molecule has 2 heterocycles. The molecule has 110 valence electrons. The molecule has 1 unspecified atom stereocenters. The average Bonchev–Trinajstić information content (AvgIpc) is 2.54. The van der Waals surface area contributed by atoms with Crippen LogP contribution in [0.4, 0.5) is 11.4 Å². The highest BCUT2D eigenvalue weighted by Gasteiger charge is 2.33. The van der Waals surface area contributed by atoms with Crippen LogP contribution in [0.5, 0.6) is 0 Å². The zero-order chi connectivity index (χ0) is 15.9. The first kappa shape index (κ1) is 14.0. The molecule has 0 fully saturated rings. The number of rotatable bonds is 2. The Morgan fingerprint density at radius 2 is 2.27 bits per heavy atom. The van der Waals surface area contributed by atoms with Gasteiger partial charge in [-0.1, -0.05) is 19.1 Å². The van der Waals surface area contributed by atoms with Gasteiger partial charge in [0.2, 0.25) is 0 Å². The molecule has 1 aliphatic heterocycles. The smallest absolute Gasteiger partial charge is 0.293 e. The van der Waals surface area contributed by atoms with Crippen LogP contribution in [-0.4, -0.2) is 17.0 Å². The van der Waals surface area contributed by atoms with Crippen LogP contribution in [0.2, 0.25) is 0 Å². The van der Waals surface area contributed by atoms with Gasteiger partial charge in [0.1, 0.15) is 11.8 Å². The maximum atomic E-state index is 11.3. The molecule has 2 aromatic rings. The summed E-state index contributed by atoms with van der Waals surface area (Å²) in [6.45, 7) is 2.02. The second kappa shape index (κ2) is 5.11. The van der Waals surface area contributed by atoms with E-state index in [1.54, 1.807) is 6.07 Å². The SMILES string of the molecule is CCC1c2cc(C#N)cnc2-c2cccc([N+](=O)[O-])c2N1C. The van der Waals surface area contributed by atoms with Crippen LogP contribution < -0.4 is 4.90 Å². The van der Waals surface area contributed by atoms with Gasteiger partial charge in [0, 0.05) is 30.4 Å². The minimum Gasteiger partial charge on any atom is -0.361 e. The number of nitro groups is 1. The fraction of sp³-hybridized carbons (Fsp3) is 0.250. The van der Waals surface area contributed by atoms with E-state index >= 15 is 0 Å². The molecule has 0 spiro atoms. The fourth-order valence-corrected chi connectivity index (χ4v) is 3.12. The number of hydrogen-bond acceptors (Lipinski definition) is 5. The van der Waals surface area contributed by atoms with Crippen molar-refractivity contribution in [3.05, 3.63) is 51.7 Å². The normalized spacial score (nSPS) is 15.7. The second-order valence-corrected chi connectivity index (χ2v) is 5.24. The number of pyridine rings is 1. The minimum absolute atomic E-state index is 0.0376. The van der Waals surface area contributed by atoms with Gasteiger partial charge >= 0.3 is 0 Å². The molecule has 6 nitrogen and oxygen atoms in total. The number of nitro benzene ring substituents is 1. The lowest BCUT2D eigenvalue weighted by atomic mass is 9.89. The van der Waals surface area contributed by atoms with E-state index < -0.39 is 0 Å². The maximum absolute atomic E-state index is 11.3. The number of fused-ring (bicyclic) bond motifs is 3. The van der Waals surface area contributed by atoms with Crippen LogP contribution in [0.15, 0.2) is 30.5 Å². The zero-order valence-corrected chi connectivity index (χ0v) is 12.3. The number of aromatic nitrogens is 1. The summed E-state index contributed by atoms with van der Waals surface area (Å²) < 4.78 is 0. The number of nitrogens with zero attached hydrogens (tertiary/aromatic N) is 4. The Hall–Kier alpha value is -2.94. The highest BCUT2D eigenvalue weighted by molar-refractivity contribution is 5.88. The summed E-state index contributed by atoms with van der Waals surface area (Å²) in [7, 11) is 1.85. The van der Waals surface area contributed by atoms with E-state index in [0.29, 0.717) is 11.3 Å². The maximum Gasteiger partial charge on any atom is 0.293 e. The summed E-state index contributed by atoms with van der Waals surface area (Å²) in [5.74, 6) is 0. The van der Waals surface area contributed by atoms with Crippen LogP contribution in [0, 0.1) is 21.4 Å². The van der Waals surface area contributed by atoms with E-state index in [4.69, 9.17) is 5.26 Å². The van der Waals surface area contributed by atoms with Gasteiger partial charge in [0.25, 0.3) is 5.69 Å². The van der Waals surface area contributed by atoms with E-state index in [2.05, 4.69) is 11.1 Å². The monoisotopic (exact) mass is 294 g/mol. The third-order valence-electron chi connectivity index (χ3n) is 4.08. The molecule has 0 radical (unpaired) electrons. The molecule has 6 heteroatoms. The number of nitriles is 1. The Kier molecular flexibility index (Phi) is 3.26. The van der Waals surface area contributed by atoms with Crippen LogP contribution >= 0.6 is 0 Å². The molecule has 1 aliphatic rings. The lowest BCUT2D eigenvalue weighted by Gasteiger charge is -2.36. The number of hydrogen-bond donors (Lipinski definition) is 0. The van der Waals surface area contributed by atoms with Gasteiger partial charge in [-0.25, -0.2) is 0 Å². The lowest BCUT2D eigenvalue weighted by molar-refractivity contribution is -0.384. The van der Waals surface area contributed by atoms with E-state index in [9.17, 15) is 10.1 Å². The summed E-state index contributed by atoms with van der Waals surface area (Å²) in [5, 5.41) is 20.4. The van der Waals surface area contributed by atoms with Crippen molar-refractivity contribution in [2.75, 3.05) is 11.9 Å². The van der Waals surface area contributed by atoms with Crippen LogP contribution in [0.3, 0.4) is 0 Å². The summed E-state index contributed by atoms with van der Waals surface area (Å²) in [5.41, 5.74) is 3.57. The summed E-state index contributed by atoms with van der Waals surface area (Å²) in [6.07, 6.45) is 2.28. The molecule has 3 rings (SSSR count). The highest BCUT2D eigenvalue weighted by Crippen LogP contribution is 2.48. The standard InChI is InChI=1S/C16H14N4O2/c1-3-13-12-7-10(8-17)9-18-15(12)11-5-4-6-14(20(21)22)16(11)19(13)2/h4-7,9,13H,3H2,1-2H3. The Morgan fingerprint density at radius 3 is 2.91 bits per heavy atom. The summed E-state index contributed by atoms with van der Waals surface area (Å²) in [6, 6.07) is 8.91. The van der Waals surface area contributed by atoms with Crippen LogP contribution in [-0.2, 0) is 0 Å². The van der Waals surface area contributed by atoms with E-state index in [1.165, 1.54) is 12.3 Å². The Balaban J connectivity index is 2.34. The number of benzene rings is 1. The quantitative estimate of drug-likeness (QED) is 0.626. The predicted octanol–water partition coefficient (Wildman–Crippen LogP) is 3.43. The van der Waals surface area contributed by atoms with Crippen molar-refractivity contribution in [1.29, 1.82) is 5.26 Å². The summed E-state index contributed by atoms with van der Waals surface area (Å²) >= 11 is 0. The Bertz CT molecular complexity index is 810. The number of anilines is 1. The first-order valence-corrected chi connectivity index (χ1v) is 6.99. The largest absolute Gasteiger partial charge is 0.361 e. The Morgan fingerprint density at radius 1 is 1.50 bits per heavy atom. The van der Waals surface area contributed by atoms with E-state index in [1.807, 2.05) is 31.0 Å². The van der Waals surface area contributed by atoms with Gasteiger partial charge in [0.05, 0.1) is 22.2 Å². The third kappa shape index (κ3) is 1.91. The van der Waals surface area contributed by atoms with Crippen molar-refractivity contribution in [2.45, 2.75) is 19.4 Å². The van der Waals surface area contributed by atoms with E-state index in [-0.39, 0.29) is 16.7 Å². The molecular weight excluding hydrogens is 280 g/mol. The molecule has 0 saturated carbocycles. The minimum atomic E-state index is -0.364. The van der Waals surface area contributed by atoms with Crippen LogP contribution in [0.1, 0.15) is 30.5 Å². The predicted molar refractivity (Wildman–Crippen MR) is 82.5 cm³/mol. The Labute approximate surface area is 127 Å². The number of para-hydroxylation sites is 1. The zero-order valence-electron chi connectivity index (χ0n) is 12.3. The van der Waals surface area contributed by atoms with Gasteiger partial charge in [-0.3, -0.25) is 15.1 Å². The van der Waals surface area contributed by atoms with Crippen molar-refractivity contribution in [3.8, 4) is 17.3 Å². The van der Waals surface area contributed by atoms with Gasteiger partial charge in [-0.05, 0) is 12.5 Å². The fourth-order valence-electron chi connectivity index (χ4n) is 3.12. The molecule has 1 aromatic carbocycles. The molecular formula is C16H14N4O2. The molecule has 0 amide bonds. The molecule has 0 aliphatic carbocycles. The lowest BCUT2D eigenvalue weighted by Crippen LogP contribution is -2.29. The van der Waals surface area contributed by atoms with Crippen molar-refractivity contribution in [3.63, 3.8) is 0 Å². The first-order chi connectivity index (χ1) is 10.6. The van der Waals surface area contributed by atoms with Gasteiger partial charge in [0.15, 0.2) is 0 Å². The summed E-state index contributed by atoms with van der Waals surface area (Å²) in [4.78, 5) is 17.3. The topological polar surface area (TPSA) is 83.1 Å². The third-order valence-corrected chi connectivity index (χ3v) is 4.08. The van der Waals surface area contributed by atoms with Crippen molar-refractivity contribution in [2.24, 2.45) is 0 Å². The van der Waals surface area contributed by atoms with Gasteiger partial charge < -0.3 is 4.90 Å². The molecule has 0 N–H and O–H groups in total. The van der Waals surface area contributed by atoms with Crippen molar-refractivity contribution in [1.82, 2.24) is 4.98 Å². The van der Waals surface area contributed by atoms with Crippen LogP contribution in [0.25, 0.3) is 11.3 Å². The van der Waals surface area contributed by atoms with Gasteiger partial charge in [-0.2, -0.15) is 5.26 Å². The molecule has 22 heavy (non-hydrogen) atoms. The second-order valence-electron chi connectivity index (χ2n) is 5.24. The van der Waals surface area contributed by atoms with Crippen molar-refractivity contribution < 1.29 is 4.92 Å². The molecule has 0 bridgehead atoms. The molecule has 0 saturated heterocycles. The first-order valence-electron chi connectivity index (χ1n) is 6.99. The average molecular weight is 294 g/mol. The molecule has 1 atom stereocenters.